The van der Waals surface area contributed by atoms with Crippen molar-refractivity contribution in [2.75, 3.05) is 13.1 Å². The number of aromatic nitrogens is 4. The highest BCUT2D eigenvalue weighted by Crippen LogP contribution is 2.43. The number of nitrogens with two attached hydrogens (primary N) is 1. The van der Waals surface area contributed by atoms with Gasteiger partial charge in [-0.15, -0.1) is 17.5 Å². The Balaban J connectivity index is 0.00000156. The van der Waals surface area contributed by atoms with Crippen molar-refractivity contribution in [1.82, 2.24) is 25.1 Å². The molecule has 2 unspecified atom stereocenters. The van der Waals surface area contributed by atoms with E-state index >= 15 is 0 Å². The lowest BCUT2D eigenvalue weighted by molar-refractivity contribution is -0.142. The summed E-state index contributed by atoms with van der Waals surface area (Å²) in [6, 6.07) is 0.131. The fraction of sp³-hybridized carbons (Fsp3) is 0.867. The van der Waals surface area contributed by atoms with Gasteiger partial charge in [-0.3, -0.25) is 4.79 Å². The maximum absolute atomic E-state index is 13.3. The van der Waals surface area contributed by atoms with Gasteiger partial charge in [-0.2, -0.15) is 0 Å². The van der Waals surface area contributed by atoms with Crippen molar-refractivity contribution in [3.8, 4) is 0 Å². The molecule has 8 heteroatoms. The molecule has 128 valence electrons. The number of rotatable bonds is 3. The maximum Gasteiger partial charge on any atom is 0.250 e. The van der Waals surface area contributed by atoms with Crippen LogP contribution in [0.15, 0.2) is 6.33 Å². The van der Waals surface area contributed by atoms with Gasteiger partial charge in [-0.05, 0) is 47.9 Å². The van der Waals surface area contributed by atoms with E-state index < -0.39 is 5.54 Å². The molecule has 1 saturated heterocycles. The van der Waals surface area contributed by atoms with Crippen LogP contribution in [0.4, 0.5) is 0 Å². The highest BCUT2D eigenvalue weighted by molar-refractivity contribution is 5.85. The van der Waals surface area contributed by atoms with E-state index in [1.54, 1.807) is 11.0 Å². The van der Waals surface area contributed by atoms with E-state index in [4.69, 9.17) is 5.73 Å². The SMILES string of the molecule is Cl.NC1CN(C(=O)C2(n3cnnn3)CCCCC2)CC1C1CC1. The molecule has 0 bridgehead atoms. The van der Waals surface area contributed by atoms with E-state index in [2.05, 4.69) is 15.5 Å². The van der Waals surface area contributed by atoms with Crippen LogP contribution in [0.1, 0.15) is 44.9 Å². The highest BCUT2D eigenvalue weighted by Gasteiger charge is 2.49. The summed E-state index contributed by atoms with van der Waals surface area (Å²) in [6.45, 7) is 1.50. The van der Waals surface area contributed by atoms with Crippen molar-refractivity contribution in [3.05, 3.63) is 6.33 Å². The van der Waals surface area contributed by atoms with Crippen molar-refractivity contribution < 1.29 is 4.79 Å². The largest absolute Gasteiger partial charge is 0.339 e. The van der Waals surface area contributed by atoms with E-state index in [-0.39, 0.29) is 24.4 Å². The van der Waals surface area contributed by atoms with Crippen LogP contribution >= 0.6 is 12.4 Å². The van der Waals surface area contributed by atoms with Crippen molar-refractivity contribution in [3.63, 3.8) is 0 Å². The molecule has 4 rings (SSSR count). The van der Waals surface area contributed by atoms with Crippen molar-refractivity contribution >= 4 is 18.3 Å². The Morgan fingerprint density at radius 1 is 1.17 bits per heavy atom. The number of hydrogen-bond donors (Lipinski definition) is 1. The molecule has 2 saturated carbocycles. The van der Waals surface area contributed by atoms with Crippen LogP contribution in [0.2, 0.25) is 0 Å². The summed E-state index contributed by atoms with van der Waals surface area (Å²) in [5, 5.41) is 11.6. The predicted molar refractivity (Wildman–Crippen MR) is 86.9 cm³/mol. The number of tetrazole rings is 1. The Morgan fingerprint density at radius 2 is 1.91 bits per heavy atom. The Bertz CT molecular complexity index is 540. The molecule has 3 aliphatic rings. The molecular weight excluding hydrogens is 316 g/mol. The fourth-order valence-corrected chi connectivity index (χ4v) is 4.37. The first kappa shape index (κ1) is 16.6. The van der Waals surface area contributed by atoms with Crippen LogP contribution in [-0.4, -0.2) is 50.1 Å². The summed E-state index contributed by atoms with van der Waals surface area (Å²) >= 11 is 0. The summed E-state index contributed by atoms with van der Waals surface area (Å²) in [4.78, 5) is 15.3. The number of halogens is 1. The normalized spacial score (nSPS) is 30.0. The molecule has 2 heterocycles. The standard InChI is InChI=1S/C15H24N6O.ClH/c16-13-9-20(8-12(13)11-4-5-11)14(22)15(6-2-1-3-7-15)21-10-17-18-19-21;/h10-13H,1-9,16H2;1H. The average molecular weight is 341 g/mol. The van der Waals surface area contributed by atoms with E-state index in [0.29, 0.717) is 12.5 Å². The first-order chi connectivity index (χ1) is 10.7. The molecule has 23 heavy (non-hydrogen) atoms. The molecule has 2 atom stereocenters. The predicted octanol–water partition coefficient (Wildman–Crippen LogP) is 0.950. The first-order valence-electron chi connectivity index (χ1n) is 8.49. The van der Waals surface area contributed by atoms with Gasteiger partial charge in [0, 0.05) is 19.1 Å². The van der Waals surface area contributed by atoms with E-state index in [1.807, 2.05) is 4.90 Å². The smallest absolute Gasteiger partial charge is 0.250 e. The zero-order chi connectivity index (χ0) is 15.2. The van der Waals surface area contributed by atoms with Crippen molar-refractivity contribution in [2.24, 2.45) is 17.6 Å². The zero-order valence-electron chi connectivity index (χ0n) is 13.3. The lowest BCUT2D eigenvalue weighted by Crippen LogP contribution is -2.52. The van der Waals surface area contributed by atoms with Crippen LogP contribution in [0.25, 0.3) is 0 Å². The molecule has 1 aliphatic heterocycles. The number of nitrogens with zero attached hydrogens (tertiary/aromatic N) is 5. The third-order valence-corrected chi connectivity index (χ3v) is 5.79. The quantitative estimate of drug-likeness (QED) is 0.884. The maximum atomic E-state index is 13.3. The van der Waals surface area contributed by atoms with E-state index in [0.717, 1.165) is 38.1 Å². The summed E-state index contributed by atoms with van der Waals surface area (Å²) in [5.74, 6) is 1.40. The second-order valence-corrected chi connectivity index (χ2v) is 7.22. The lowest BCUT2D eigenvalue weighted by atomic mass is 9.80. The molecule has 0 aromatic carbocycles. The van der Waals surface area contributed by atoms with Crippen LogP contribution in [0.3, 0.4) is 0 Å². The minimum atomic E-state index is -0.583. The van der Waals surface area contributed by atoms with Gasteiger partial charge in [0.15, 0.2) is 0 Å². The number of hydrogen-bond acceptors (Lipinski definition) is 5. The number of carbonyl (C=O) groups is 1. The number of amides is 1. The summed E-state index contributed by atoms with van der Waals surface area (Å²) < 4.78 is 1.70. The van der Waals surface area contributed by atoms with Crippen LogP contribution in [0, 0.1) is 11.8 Å². The van der Waals surface area contributed by atoms with Crippen molar-refractivity contribution in [2.45, 2.75) is 56.5 Å². The number of likely N-dealkylation sites (tertiary alicyclic amines) is 1. The molecule has 1 aromatic heterocycles. The van der Waals surface area contributed by atoms with Gasteiger partial charge >= 0.3 is 0 Å². The highest BCUT2D eigenvalue weighted by atomic mass is 35.5. The zero-order valence-corrected chi connectivity index (χ0v) is 14.1. The van der Waals surface area contributed by atoms with Gasteiger partial charge < -0.3 is 10.6 Å². The minimum Gasteiger partial charge on any atom is -0.339 e. The van der Waals surface area contributed by atoms with Gasteiger partial charge in [0.05, 0.1) is 0 Å². The van der Waals surface area contributed by atoms with Crippen LogP contribution in [0.5, 0.6) is 0 Å². The second-order valence-electron chi connectivity index (χ2n) is 7.22. The summed E-state index contributed by atoms with van der Waals surface area (Å²) in [6.07, 6.45) is 9.10. The van der Waals surface area contributed by atoms with Crippen LogP contribution in [-0.2, 0) is 10.3 Å². The van der Waals surface area contributed by atoms with Crippen molar-refractivity contribution in [1.29, 1.82) is 0 Å². The Hall–Kier alpha value is -1.21. The molecule has 2 N–H and O–H groups in total. The molecule has 1 aromatic rings. The molecule has 1 amide bonds. The summed E-state index contributed by atoms with van der Waals surface area (Å²) in [7, 11) is 0. The number of carbonyl (C=O) groups excluding carboxylic acids is 1. The minimum absolute atomic E-state index is 0. The first-order valence-corrected chi connectivity index (χ1v) is 8.49. The molecule has 2 aliphatic carbocycles. The monoisotopic (exact) mass is 340 g/mol. The topological polar surface area (TPSA) is 89.9 Å². The Morgan fingerprint density at radius 3 is 2.52 bits per heavy atom. The third kappa shape index (κ3) is 2.85. The van der Waals surface area contributed by atoms with Gasteiger partial charge in [-0.25, -0.2) is 4.68 Å². The summed E-state index contributed by atoms with van der Waals surface area (Å²) in [5.41, 5.74) is 5.72. The van der Waals surface area contributed by atoms with Gasteiger partial charge in [0.1, 0.15) is 11.9 Å². The molecule has 7 nitrogen and oxygen atoms in total. The van der Waals surface area contributed by atoms with Crippen LogP contribution < -0.4 is 5.73 Å². The Labute approximate surface area is 142 Å². The van der Waals surface area contributed by atoms with Gasteiger partial charge in [0.25, 0.3) is 5.91 Å². The molecular formula is C15H25ClN6O. The Kier molecular flexibility index (Phi) is 4.60. The van der Waals surface area contributed by atoms with Gasteiger partial charge in [-0.1, -0.05) is 19.3 Å². The third-order valence-electron chi connectivity index (χ3n) is 5.79. The average Bonchev–Trinajstić information content (AvgIpc) is 3.08. The molecule has 3 fully saturated rings. The fourth-order valence-electron chi connectivity index (χ4n) is 4.37. The second kappa shape index (κ2) is 6.36. The molecule has 0 spiro atoms. The molecule has 0 radical (unpaired) electrons. The van der Waals surface area contributed by atoms with E-state index in [1.165, 1.54) is 19.3 Å². The van der Waals surface area contributed by atoms with Gasteiger partial charge in [0.2, 0.25) is 0 Å². The van der Waals surface area contributed by atoms with E-state index in [9.17, 15) is 4.79 Å². The lowest BCUT2D eigenvalue weighted by Gasteiger charge is -2.38.